The van der Waals surface area contributed by atoms with Crippen LogP contribution in [0.1, 0.15) is 54.1 Å². The van der Waals surface area contributed by atoms with Crippen LogP contribution in [0, 0.1) is 0 Å². The molecule has 0 atom stereocenters. The summed E-state index contributed by atoms with van der Waals surface area (Å²) < 4.78 is 2.92. The van der Waals surface area contributed by atoms with Gasteiger partial charge in [-0.2, -0.15) is 0 Å². The summed E-state index contributed by atoms with van der Waals surface area (Å²) in [7, 11) is 0. The Morgan fingerprint density at radius 3 is 2.93 bits per heavy atom. The second-order valence-corrected chi connectivity index (χ2v) is 8.44. The van der Waals surface area contributed by atoms with Crippen molar-refractivity contribution in [2.45, 2.75) is 38.6 Å². The molecule has 4 aromatic rings. The molecule has 29 heavy (non-hydrogen) atoms. The van der Waals surface area contributed by atoms with Crippen LogP contribution >= 0.6 is 11.3 Å². The second-order valence-electron chi connectivity index (χ2n) is 7.38. The average Bonchev–Trinajstić information content (AvgIpc) is 3.28. The molecule has 0 bridgehead atoms. The first-order valence-corrected chi connectivity index (χ1v) is 10.3. The third kappa shape index (κ3) is 3.49. The van der Waals surface area contributed by atoms with Crippen molar-refractivity contribution in [3.63, 3.8) is 0 Å². The first kappa shape index (κ1) is 17.9. The number of hydrogen-bond donors (Lipinski definition) is 1. The van der Waals surface area contributed by atoms with E-state index in [1.54, 1.807) is 36.0 Å². The van der Waals surface area contributed by atoms with E-state index in [0.29, 0.717) is 28.9 Å². The first-order chi connectivity index (χ1) is 14.1. The number of fused-ring (bicyclic) bond motifs is 1. The third-order valence-corrected chi connectivity index (χ3v) is 5.98. The summed E-state index contributed by atoms with van der Waals surface area (Å²) in [6.45, 7) is 4.10. The summed E-state index contributed by atoms with van der Waals surface area (Å²) in [4.78, 5) is 26.2. The predicted octanol–water partition coefficient (Wildman–Crippen LogP) is 4.06. The zero-order valence-electron chi connectivity index (χ0n) is 16.0. The SMILES string of the molecule is CC(C)n1cnnc1-c1cccc(NC(=O)c2cc3sc(C4CC4)nc3cn2)n1. The lowest BCUT2D eigenvalue weighted by Gasteiger charge is -2.10. The van der Waals surface area contributed by atoms with Crippen LogP contribution in [0.4, 0.5) is 5.82 Å². The highest BCUT2D eigenvalue weighted by Crippen LogP contribution is 2.43. The molecule has 8 nitrogen and oxygen atoms in total. The highest BCUT2D eigenvalue weighted by atomic mass is 32.1. The number of carbonyl (C=O) groups is 1. The summed E-state index contributed by atoms with van der Waals surface area (Å²) in [6.07, 6.45) is 5.75. The van der Waals surface area contributed by atoms with Crippen molar-refractivity contribution in [3.8, 4) is 11.5 Å². The van der Waals surface area contributed by atoms with Crippen LogP contribution in [0.5, 0.6) is 0 Å². The molecule has 5 rings (SSSR count). The van der Waals surface area contributed by atoms with E-state index in [-0.39, 0.29) is 11.9 Å². The van der Waals surface area contributed by atoms with Crippen molar-refractivity contribution < 1.29 is 4.79 Å². The van der Waals surface area contributed by atoms with Gasteiger partial charge in [-0.3, -0.25) is 4.79 Å². The standard InChI is InChI=1S/C20H19N7OS/c1-11(2)27-10-22-26-18(27)13-4-3-5-17(23-13)25-19(28)14-8-16-15(9-21-14)24-20(29-16)12-6-7-12/h3-5,8-12H,6-7H2,1-2H3,(H,23,25,28). The number of carbonyl (C=O) groups excluding carboxylic acids is 1. The van der Waals surface area contributed by atoms with Gasteiger partial charge in [-0.15, -0.1) is 21.5 Å². The molecule has 1 aliphatic carbocycles. The number of thiazole rings is 1. The molecule has 0 saturated heterocycles. The minimum atomic E-state index is -0.303. The van der Waals surface area contributed by atoms with Crippen molar-refractivity contribution >= 4 is 33.3 Å². The first-order valence-electron chi connectivity index (χ1n) is 9.53. The molecular formula is C20H19N7OS. The molecule has 1 aliphatic rings. The number of anilines is 1. The maximum absolute atomic E-state index is 12.7. The van der Waals surface area contributed by atoms with Crippen LogP contribution < -0.4 is 5.32 Å². The predicted molar refractivity (Wildman–Crippen MR) is 111 cm³/mol. The monoisotopic (exact) mass is 405 g/mol. The maximum Gasteiger partial charge on any atom is 0.275 e. The van der Waals surface area contributed by atoms with Gasteiger partial charge < -0.3 is 9.88 Å². The fraction of sp³-hybridized carbons (Fsp3) is 0.300. The molecule has 1 fully saturated rings. The Labute approximate surface area is 171 Å². The minimum Gasteiger partial charge on any atom is -0.310 e. The second kappa shape index (κ2) is 7.00. The molecule has 9 heteroatoms. The smallest absolute Gasteiger partial charge is 0.275 e. The highest BCUT2D eigenvalue weighted by molar-refractivity contribution is 7.18. The van der Waals surface area contributed by atoms with Gasteiger partial charge in [-0.05, 0) is 44.9 Å². The van der Waals surface area contributed by atoms with E-state index in [1.165, 1.54) is 12.8 Å². The lowest BCUT2D eigenvalue weighted by molar-refractivity contribution is 0.102. The molecular weight excluding hydrogens is 386 g/mol. The Kier molecular flexibility index (Phi) is 4.31. The zero-order valence-corrected chi connectivity index (χ0v) is 16.8. The quantitative estimate of drug-likeness (QED) is 0.538. The highest BCUT2D eigenvalue weighted by Gasteiger charge is 2.27. The van der Waals surface area contributed by atoms with Gasteiger partial charge in [0.2, 0.25) is 0 Å². The van der Waals surface area contributed by atoms with E-state index in [9.17, 15) is 4.79 Å². The molecule has 0 radical (unpaired) electrons. The van der Waals surface area contributed by atoms with Gasteiger partial charge in [0.25, 0.3) is 5.91 Å². The van der Waals surface area contributed by atoms with Gasteiger partial charge in [-0.25, -0.2) is 15.0 Å². The number of amides is 1. The number of hydrogen-bond acceptors (Lipinski definition) is 7. The summed E-state index contributed by atoms with van der Waals surface area (Å²) in [5.41, 5.74) is 1.84. The fourth-order valence-corrected chi connectivity index (χ4v) is 4.24. The van der Waals surface area contributed by atoms with Crippen LogP contribution in [0.25, 0.3) is 21.7 Å². The van der Waals surface area contributed by atoms with Gasteiger partial charge in [0.1, 0.15) is 23.5 Å². The van der Waals surface area contributed by atoms with Gasteiger partial charge in [0.15, 0.2) is 5.82 Å². The van der Waals surface area contributed by atoms with Crippen molar-refractivity contribution in [1.29, 1.82) is 0 Å². The van der Waals surface area contributed by atoms with Gasteiger partial charge in [0, 0.05) is 12.0 Å². The fourth-order valence-electron chi connectivity index (χ4n) is 3.09. The minimum absolute atomic E-state index is 0.205. The topological polar surface area (TPSA) is 98.5 Å². The molecule has 1 saturated carbocycles. The Balaban J connectivity index is 1.39. The van der Waals surface area contributed by atoms with Crippen molar-refractivity contribution in [2.75, 3.05) is 5.32 Å². The molecule has 0 unspecified atom stereocenters. The number of nitrogens with one attached hydrogen (secondary N) is 1. The van der Waals surface area contributed by atoms with Crippen LogP contribution in [0.2, 0.25) is 0 Å². The summed E-state index contributed by atoms with van der Waals surface area (Å²) >= 11 is 1.65. The van der Waals surface area contributed by atoms with Crippen LogP contribution in [-0.2, 0) is 0 Å². The molecule has 4 heterocycles. The van der Waals surface area contributed by atoms with E-state index in [0.717, 1.165) is 15.2 Å². The molecule has 146 valence electrons. The summed E-state index contributed by atoms with van der Waals surface area (Å²) in [6, 6.07) is 7.43. The average molecular weight is 405 g/mol. The maximum atomic E-state index is 12.7. The van der Waals surface area contributed by atoms with E-state index in [4.69, 9.17) is 0 Å². The summed E-state index contributed by atoms with van der Waals surface area (Å²) in [5, 5.41) is 12.1. The van der Waals surface area contributed by atoms with Crippen LogP contribution in [0.3, 0.4) is 0 Å². The Morgan fingerprint density at radius 1 is 1.28 bits per heavy atom. The number of pyridine rings is 2. The Morgan fingerprint density at radius 2 is 2.14 bits per heavy atom. The van der Waals surface area contributed by atoms with E-state index in [1.807, 2.05) is 30.5 Å². The summed E-state index contributed by atoms with van der Waals surface area (Å²) in [5.74, 6) is 1.39. The largest absolute Gasteiger partial charge is 0.310 e. The van der Waals surface area contributed by atoms with Crippen LogP contribution in [0.15, 0.2) is 36.8 Å². The van der Waals surface area contributed by atoms with Crippen molar-refractivity contribution in [3.05, 3.63) is 47.5 Å². The third-order valence-electron chi connectivity index (χ3n) is 4.80. The molecule has 0 aromatic carbocycles. The van der Waals surface area contributed by atoms with Crippen molar-refractivity contribution in [1.82, 2.24) is 29.7 Å². The molecule has 0 aliphatic heterocycles. The molecule has 1 amide bonds. The number of rotatable bonds is 5. The van der Waals surface area contributed by atoms with E-state index in [2.05, 4.69) is 30.5 Å². The number of aromatic nitrogens is 6. The molecule has 1 N–H and O–H groups in total. The number of nitrogens with zero attached hydrogens (tertiary/aromatic N) is 6. The zero-order chi connectivity index (χ0) is 20.0. The molecule has 0 spiro atoms. The van der Waals surface area contributed by atoms with Crippen LogP contribution in [-0.4, -0.2) is 35.6 Å². The lowest BCUT2D eigenvalue weighted by Crippen LogP contribution is -2.14. The van der Waals surface area contributed by atoms with E-state index < -0.39 is 0 Å². The van der Waals surface area contributed by atoms with Gasteiger partial charge in [0.05, 0.1) is 21.4 Å². The van der Waals surface area contributed by atoms with Gasteiger partial charge in [-0.1, -0.05) is 6.07 Å². The lowest BCUT2D eigenvalue weighted by atomic mass is 10.3. The Bertz CT molecular complexity index is 1210. The Hall–Kier alpha value is -3.20. The van der Waals surface area contributed by atoms with E-state index >= 15 is 0 Å². The van der Waals surface area contributed by atoms with Gasteiger partial charge >= 0.3 is 0 Å². The van der Waals surface area contributed by atoms with Crippen molar-refractivity contribution in [2.24, 2.45) is 0 Å². The molecule has 4 aromatic heterocycles. The normalized spacial score (nSPS) is 13.9.